The summed E-state index contributed by atoms with van der Waals surface area (Å²) in [5, 5.41) is 4.70. The van der Waals surface area contributed by atoms with Gasteiger partial charge in [-0.2, -0.15) is 18.3 Å². The first kappa shape index (κ1) is 26.9. The van der Waals surface area contributed by atoms with Crippen LogP contribution in [0.3, 0.4) is 0 Å². The van der Waals surface area contributed by atoms with Crippen molar-refractivity contribution in [2.45, 2.75) is 19.6 Å². The van der Waals surface area contributed by atoms with Gasteiger partial charge in [-0.15, -0.1) is 0 Å². The van der Waals surface area contributed by atoms with Gasteiger partial charge in [-0.1, -0.05) is 42.5 Å². The summed E-state index contributed by atoms with van der Waals surface area (Å²) in [4.78, 5) is 15.0. The van der Waals surface area contributed by atoms with Gasteiger partial charge in [0, 0.05) is 31.8 Å². The van der Waals surface area contributed by atoms with Crippen molar-refractivity contribution >= 4 is 5.91 Å². The normalized spacial score (nSPS) is 11.4. The van der Waals surface area contributed by atoms with E-state index in [1.807, 2.05) is 61.5 Å². The molecule has 3 aromatic carbocycles. The molecule has 0 aliphatic rings. The first-order chi connectivity index (χ1) is 18.2. The van der Waals surface area contributed by atoms with Gasteiger partial charge in [0.1, 0.15) is 11.4 Å². The maximum atomic E-state index is 13.5. The largest absolute Gasteiger partial charge is 0.439 e. The zero-order valence-corrected chi connectivity index (χ0v) is 21.3. The summed E-state index contributed by atoms with van der Waals surface area (Å²) >= 11 is 0. The van der Waals surface area contributed by atoms with Gasteiger partial charge in [-0.25, -0.2) is 4.68 Å². The SMILES string of the molecule is COCCN(Cc1c(-c2ccccc2)nn(C)c1Oc1cccc(C)c1)C(=O)c1ccc(C(F)(F)F)cc1. The van der Waals surface area contributed by atoms with Crippen molar-refractivity contribution in [1.82, 2.24) is 14.7 Å². The number of benzene rings is 3. The van der Waals surface area contributed by atoms with Gasteiger partial charge >= 0.3 is 6.18 Å². The van der Waals surface area contributed by atoms with E-state index in [1.54, 1.807) is 11.7 Å². The fourth-order valence-corrected chi connectivity index (χ4v) is 4.07. The average molecular weight is 524 g/mol. The molecule has 0 radical (unpaired) electrons. The van der Waals surface area contributed by atoms with E-state index in [9.17, 15) is 18.0 Å². The number of carbonyl (C=O) groups excluding carboxylic acids is 1. The first-order valence-electron chi connectivity index (χ1n) is 12.0. The van der Waals surface area contributed by atoms with Gasteiger partial charge in [0.05, 0.1) is 24.3 Å². The van der Waals surface area contributed by atoms with Crippen LogP contribution in [0.2, 0.25) is 0 Å². The van der Waals surface area contributed by atoms with Crippen molar-refractivity contribution in [2.75, 3.05) is 20.3 Å². The molecule has 0 fully saturated rings. The van der Waals surface area contributed by atoms with Crippen LogP contribution in [0.4, 0.5) is 13.2 Å². The maximum absolute atomic E-state index is 13.5. The number of nitrogens with zero attached hydrogens (tertiary/aromatic N) is 3. The monoisotopic (exact) mass is 523 g/mol. The van der Waals surface area contributed by atoms with Gasteiger partial charge in [0.2, 0.25) is 5.88 Å². The summed E-state index contributed by atoms with van der Waals surface area (Å²) in [7, 11) is 3.28. The second-order valence-corrected chi connectivity index (χ2v) is 8.84. The number of alkyl halides is 3. The van der Waals surface area contributed by atoms with E-state index in [0.717, 1.165) is 23.3 Å². The van der Waals surface area contributed by atoms with E-state index < -0.39 is 17.6 Å². The zero-order chi connectivity index (χ0) is 27.3. The Kier molecular flexibility index (Phi) is 8.16. The number of ether oxygens (including phenoxy) is 2. The van der Waals surface area contributed by atoms with Gasteiger partial charge in [-0.05, 0) is 48.9 Å². The molecule has 0 saturated carbocycles. The number of rotatable bonds is 9. The minimum Gasteiger partial charge on any atom is -0.439 e. The van der Waals surface area contributed by atoms with Crippen LogP contribution >= 0.6 is 0 Å². The lowest BCUT2D eigenvalue weighted by Gasteiger charge is -2.23. The van der Waals surface area contributed by atoms with Crippen LogP contribution in [0, 0.1) is 6.92 Å². The van der Waals surface area contributed by atoms with Crippen LogP contribution in [0.5, 0.6) is 11.6 Å². The molecule has 0 aliphatic heterocycles. The summed E-state index contributed by atoms with van der Waals surface area (Å²) in [5.41, 5.74) is 2.49. The summed E-state index contributed by atoms with van der Waals surface area (Å²) in [6.07, 6.45) is -4.49. The lowest BCUT2D eigenvalue weighted by Crippen LogP contribution is -2.33. The van der Waals surface area contributed by atoms with Crippen molar-refractivity contribution in [3.63, 3.8) is 0 Å². The number of methoxy groups -OCH3 is 1. The van der Waals surface area contributed by atoms with Gasteiger partial charge < -0.3 is 14.4 Å². The molecule has 0 N–H and O–H groups in total. The quantitative estimate of drug-likeness (QED) is 0.252. The fourth-order valence-electron chi connectivity index (χ4n) is 4.07. The maximum Gasteiger partial charge on any atom is 0.416 e. The lowest BCUT2D eigenvalue weighted by atomic mass is 10.1. The Morgan fingerprint density at radius 2 is 1.71 bits per heavy atom. The Bertz CT molecular complexity index is 1380. The number of halogens is 3. The fraction of sp³-hybridized carbons (Fsp3) is 0.241. The number of carbonyl (C=O) groups is 1. The molecule has 0 spiro atoms. The van der Waals surface area contributed by atoms with Crippen molar-refractivity contribution in [3.8, 4) is 22.9 Å². The van der Waals surface area contributed by atoms with Gasteiger partial charge in [0.25, 0.3) is 5.91 Å². The topological polar surface area (TPSA) is 56.6 Å². The minimum atomic E-state index is -4.49. The Labute approximate surface area is 219 Å². The highest BCUT2D eigenvalue weighted by molar-refractivity contribution is 5.94. The lowest BCUT2D eigenvalue weighted by molar-refractivity contribution is -0.137. The third-order valence-electron chi connectivity index (χ3n) is 6.00. The highest BCUT2D eigenvalue weighted by atomic mass is 19.4. The second-order valence-electron chi connectivity index (χ2n) is 8.84. The number of aryl methyl sites for hydroxylation is 2. The molecule has 4 rings (SSSR count). The first-order valence-corrected chi connectivity index (χ1v) is 12.0. The second kappa shape index (κ2) is 11.5. The molecular weight excluding hydrogens is 495 g/mol. The van der Waals surface area contributed by atoms with Crippen LogP contribution in [0.15, 0.2) is 78.9 Å². The van der Waals surface area contributed by atoms with E-state index in [4.69, 9.17) is 14.6 Å². The molecular formula is C29H28F3N3O3. The molecule has 0 unspecified atom stereocenters. The van der Waals surface area contributed by atoms with Gasteiger partial charge in [-0.3, -0.25) is 4.79 Å². The third kappa shape index (κ3) is 6.23. The standard InChI is InChI=1S/C29H28F3N3O3/c1-20-8-7-11-24(18-20)38-28-25(26(33-34(28)2)21-9-5-4-6-10-21)19-35(16-17-37-3)27(36)22-12-14-23(15-13-22)29(30,31)32/h4-15,18H,16-17,19H2,1-3H3. The van der Waals surface area contributed by atoms with Crippen molar-refractivity contribution in [2.24, 2.45) is 7.05 Å². The third-order valence-corrected chi connectivity index (χ3v) is 6.00. The Hall–Kier alpha value is -4.11. The molecule has 0 atom stereocenters. The van der Waals surface area contributed by atoms with E-state index >= 15 is 0 Å². The number of hydrogen-bond donors (Lipinski definition) is 0. The smallest absolute Gasteiger partial charge is 0.416 e. The van der Waals surface area contributed by atoms with Crippen LogP contribution in [0.25, 0.3) is 11.3 Å². The molecule has 38 heavy (non-hydrogen) atoms. The zero-order valence-electron chi connectivity index (χ0n) is 21.3. The van der Waals surface area contributed by atoms with Crippen molar-refractivity contribution in [3.05, 3.63) is 101 Å². The number of amides is 1. The summed E-state index contributed by atoms with van der Waals surface area (Å²) in [6, 6.07) is 21.3. The predicted octanol–water partition coefficient (Wildman–Crippen LogP) is 6.50. The Balaban J connectivity index is 1.74. The molecule has 6 nitrogen and oxygen atoms in total. The van der Waals surface area contributed by atoms with Crippen molar-refractivity contribution < 1.29 is 27.4 Å². The Morgan fingerprint density at radius 3 is 2.34 bits per heavy atom. The van der Waals surface area contributed by atoms with E-state index in [2.05, 4.69) is 0 Å². The van der Waals surface area contributed by atoms with Crippen LogP contribution in [0.1, 0.15) is 27.0 Å². The predicted molar refractivity (Wildman–Crippen MR) is 138 cm³/mol. The average Bonchev–Trinajstić information content (AvgIpc) is 3.20. The molecule has 9 heteroatoms. The van der Waals surface area contributed by atoms with Crippen LogP contribution < -0.4 is 4.74 Å². The minimum absolute atomic E-state index is 0.0996. The summed E-state index contributed by atoms with van der Waals surface area (Å²) in [5.74, 6) is 0.642. The highest BCUT2D eigenvalue weighted by Crippen LogP contribution is 2.35. The van der Waals surface area contributed by atoms with Crippen LogP contribution in [-0.4, -0.2) is 40.8 Å². The van der Waals surface area contributed by atoms with E-state index in [-0.39, 0.29) is 25.3 Å². The molecule has 198 valence electrons. The molecule has 0 saturated heterocycles. The molecule has 1 heterocycles. The molecule has 1 aromatic heterocycles. The van der Waals surface area contributed by atoms with E-state index in [0.29, 0.717) is 22.9 Å². The molecule has 0 aliphatic carbocycles. The van der Waals surface area contributed by atoms with Gasteiger partial charge in [0.15, 0.2) is 0 Å². The Morgan fingerprint density at radius 1 is 1.00 bits per heavy atom. The van der Waals surface area contributed by atoms with Crippen LogP contribution in [-0.2, 0) is 24.5 Å². The number of aromatic nitrogens is 2. The van der Waals surface area contributed by atoms with Crippen molar-refractivity contribution in [1.29, 1.82) is 0 Å². The molecule has 0 bridgehead atoms. The summed E-state index contributed by atoms with van der Waals surface area (Å²) in [6.45, 7) is 2.51. The molecule has 4 aromatic rings. The summed E-state index contributed by atoms with van der Waals surface area (Å²) < 4.78 is 52.3. The highest BCUT2D eigenvalue weighted by Gasteiger charge is 2.31. The van der Waals surface area contributed by atoms with E-state index in [1.165, 1.54) is 24.1 Å². The molecule has 1 amide bonds. The number of hydrogen-bond acceptors (Lipinski definition) is 4.